The van der Waals surface area contributed by atoms with E-state index in [2.05, 4.69) is 0 Å². The average molecular weight is 242 g/mol. The van der Waals surface area contributed by atoms with E-state index in [9.17, 15) is 4.79 Å². The third kappa shape index (κ3) is 3.10. The Bertz CT molecular complexity index is 544. The lowest BCUT2D eigenvalue weighted by molar-refractivity contribution is -0.131. The second-order valence-electron chi connectivity index (χ2n) is 3.93. The molecule has 2 aromatic rings. The van der Waals surface area contributed by atoms with Crippen molar-refractivity contribution in [2.75, 3.05) is 0 Å². The van der Waals surface area contributed by atoms with Crippen molar-refractivity contribution in [3.8, 4) is 17.2 Å². The Morgan fingerprint density at radius 1 is 0.944 bits per heavy atom. The first kappa shape index (κ1) is 12.2. The van der Waals surface area contributed by atoms with Crippen LogP contribution in [0.3, 0.4) is 0 Å². The first-order valence-corrected chi connectivity index (χ1v) is 5.67. The van der Waals surface area contributed by atoms with Crippen molar-refractivity contribution in [3.63, 3.8) is 0 Å². The minimum Gasteiger partial charge on any atom is -0.457 e. The highest BCUT2D eigenvalue weighted by atomic mass is 16.5. The second kappa shape index (κ2) is 5.36. The average Bonchev–Trinajstić information content (AvgIpc) is 2.34. The van der Waals surface area contributed by atoms with Gasteiger partial charge in [0.05, 0.1) is 0 Å². The van der Waals surface area contributed by atoms with Crippen LogP contribution in [-0.4, -0.2) is 5.97 Å². The van der Waals surface area contributed by atoms with Crippen LogP contribution < -0.4 is 9.47 Å². The summed E-state index contributed by atoms with van der Waals surface area (Å²) in [5.41, 5.74) is 1.07. The molecule has 3 nitrogen and oxygen atoms in total. The summed E-state index contributed by atoms with van der Waals surface area (Å²) in [5, 5.41) is 0. The maximum absolute atomic E-state index is 10.8. The molecule has 0 radical (unpaired) electrons. The third-order valence-corrected chi connectivity index (χ3v) is 2.41. The van der Waals surface area contributed by atoms with Gasteiger partial charge in [-0.15, -0.1) is 0 Å². The maximum atomic E-state index is 10.8. The highest BCUT2D eigenvalue weighted by Crippen LogP contribution is 2.26. The zero-order valence-electron chi connectivity index (χ0n) is 10.3. The molecule has 92 valence electrons. The summed E-state index contributed by atoms with van der Waals surface area (Å²) in [5.74, 6) is 1.71. The monoisotopic (exact) mass is 242 g/mol. The fourth-order valence-electron chi connectivity index (χ4n) is 1.54. The van der Waals surface area contributed by atoms with Gasteiger partial charge in [-0.3, -0.25) is 4.79 Å². The Kier molecular flexibility index (Phi) is 3.63. The van der Waals surface area contributed by atoms with Crippen molar-refractivity contribution in [3.05, 3.63) is 54.1 Å². The molecular weight excluding hydrogens is 228 g/mol. The predicted octanol–water partition coefficient (Wildman–Crippen LogP) is 3.71. The summed E-state index contributed by atoms with van der Waals surface area (Å²) in [6, 6.07) is 14.7. The maximum Gasteiger partial charge on any atom is 0.308 e. The number of rotatable bonds is 3. The van der Waals surface area contributed by atoms with Crippen molar-refractivity contribution < 1.29 is 14.3 Å². The van der Waals surface area contributed by atoms with Gasteiger partial charge in [-0.25, -0.2) is 0 Å². The highest BCUT2D eigenvalue weighted by Gasteiger charge is 2.02. The van der Waals surface area contributed by atoms with Gasteiger partial charge in [-0.1, -0.05) is 18.2 Å². The van der Waals surface area contributed by atoms with Crippen LogP contribution in [0.5, 0.6) is 17.2 Å². The Morgan fingerprint density at radius 2 is 1.56 bits per heavy atom. The molecule has 0 saturated heterocycles. The highest BCUT2D eigenvalue weighted by molar-refractivity contribution is 5.69. The topological polar surface area (TPSA) is 35.5 Å². The van der Waals surface area contributed by atoms with Gasteiger partial charge >= 0.3 is 5.97 Å². The Hall–Kier alpha value is -2.29. The van der Waals surface area contributed by atoms with Crippen molar-refractivity contribution >= 4 is 5.97 Å². The number of carbonyl (C=O) groups is 1. The number of para-hydroxylation sites is 1. The van der Waals surface area contributed by atoms with E-state index in [1.807, 2.05) is 31.2 Å². The normalized spacial score (nSPS) is 9.89. The Balaban J connectivity index is 2.11. The van der Waals surface area contributed by atoms with Crippen LogP contribution in [0.25, 0.3) is 0 Å². The zero-order chi connectivity index (χ0) is 13.0. The van der Waals surface area contributed by atoms with Gasteiger partial charge in [-0.05, 0) is 42.8 Å². The van der Waals surface area contributed by atoms with Gasteiger partial charge in [0.25, 0.3) is 0 Å². The summed E-state index contributed by atoms with van der Waals surface area (Å²) >= 11 is 0. The molecule has 0 heterocycles. The molecule has 0 atom stereocenters. The molecule has 0 amide bonds. The molecule has 0 aliphatic rings. The molecule has 2 rings (SSSR count). The molecule has 0 aromatic heterocycles. The van der Waals surface area contributed by atoms with E-state index >= 15 is 0 Å². The van der Waals surface area contributed by atoms with Crippen molar-refractivity contribution in [1.29, 1.82) is 0 Å². The molecule has 0 fully saturated rings. The van der Waals surface area contributed by atoms with Crippen LogP contribution in [0.2, 0.25) is 0 Å². The third-order valence-electron chi connectivity index (χ3n) is 2.41. The van der Waals surface area contributed by atoms with Crippen LogP contribution in [0.1, 0.15) is 12.5 Å². The number of benzene rings is 2. The molecule has 18 heavy (non-hydrogen) atoms. The molecule has 0 aliphatic heterocycles. The lowest BCUT2D eigenvalue weighted by Crippen LogP contribution is -2.00. The van der Waals surface area contributed by atoms with Crippen molar-refractivity contribution in [1.82, 2.24) is 0 Å². The summed E-state index contributed by atoms with van der Waals surface area (Å²) < 4.78 is 10.7. The molecule has 0 bridgehead atoms. The number of carbonyl (C=O) groups excluding carboxylic acids is 1. The molecule has 2 aromatic carbocycles. The number of esters is 1. The fraction of sp³-hybridized carbons (Fsp3) is 0.133. The summed E-state index contributed by atoms with van der Waals surface area (Å²) in [4.78, 5) is 10.8. The Morgan fingerprint density at radius 3 is 2.17 bits per heavy atom. The zero-order valence-corrected chi connectivity index (χ0v) is 10.3. The standard InChI is InChI=1S/C15H14O3/c1-11-5-3-4-6-15(11)18-14-9-7-13(8-10-14)17-12(2)16/h3-10H,1-2H3. The van der Waals surface area contributed by atoms with Gasteiger partial charge in [0.1, 0.15) is 17.2 Å². The second-order valence-corrected chi connectivity index (χ2v) is 3.93. The van der Waals surface area contributed by atoms with Gasteiger partial charge < -0.3 is 9.47 Å². The summed E-state index contributed by atoms with van der Waals surface area (Å²) in [7, 11) is 0. The molecule has 0 N–H and O–H groups in total. The van der Waals surface area contributed by atoms with Crippen LogP contribution >= 0.6 is 0 Å². The number of ether oxygens (including phenoxy) is 2. The minimum atomic E-state index is -0.331. The Labute approximate surface area is 106 Å². The van der Waals surface area contributed by atoms with E-state index in [1.54, 1.807) is 24.3 Å². The van der Waals surface area contributed by atoms with Crippen molar-refractivity contribution in [2.45, 2.75) is 13.8 Å². The van der Waals surface area contributed by atoms with E-state index in [-0.39, 0.29) is 5.97 Å². The van der Waals surface area contributed by atoms with Gasteiger partial charge in [0.15, 0.2) is 0 Å². The number of hydrogen-bond donors (Lipinski definition) is 0. The van der Waals surface area contributed by atoms with E-state index in [0.29, 0.717) is 11.5 Å². The molecule has 0 unspecified atom stereocenters. The fourth-order valence-corrected chi connectivity index (χ4v) is 1.54. The largest absolute Gasteiger partial charge is 0.457 e. The minimum absolute atomic E-state index is 0.331. The smallest absolute Gasteiger partial charge is 0.308 e. The molecule has 0 saturated carbocycles. The molecular formula is C15H14O3. The lowest BCUT2D eigenvalue weighted by atomic mass is 10.2. The summed E-state index contributed by atoms with van der Waals surface area (Å²) in [6.07, 6.45) is 0. The van der Waals surface area contributed by atoms with Crippen LogP contribution in [0.4, 0.5) is 0 Å². The van der Waals surface area contributed by atoms with Crippen molar-refractivity contribution in [2.24, 2.45) is 0 Å². The predicted molar refractivity (Wildman–Crippen MR) is 69.0 cm³/mol. The van der Waals surface area contributed by atoms with Gasteiger partial charge in [0.2, 0.25) is 0 Å². The first-order chi connectivity index (χ1) is 8.65. The number of hydrogen-bond acceptors (Lipinski definition) is 3. The quantitative estimate of drug-likeness (QED) is 0.608. The molecule has 0 aliphatic carbocycles. The van der Waals surface area contributed by atoms with E-state index in [1.165, 1.54) is 6.92 Å². The van der Waals surface area contributed by atoms with Gasteiger partial charge in [0, 0.05) is 6.92 Å². The van der Waals surface area contributed by atoms with E-state index < -0.39 is 0 Å². The summed E-state index contributed by atoms with van der Waals surface area (Å²) in [6.45, 7) is 3.36. The van der Waals surface area contributed by atoms with Gasteiger partial charge in [-0.2, -0.15) is 0 Å². The molecule has 0 spiro atoms. The van der Waals surface area contributed by atoms with E-state index in [4.69, 9.17) is 9.47 Å². The van der Waals surface area contributed by atoms with Crippen LogP contribution in [-0.2, 0) is 4.79 Å². The van der Waals surface area contributed by atoms with Crippen LogP contribution in [0.15, 0.2) is 48.5 Å². The van der Waals surface area contributed by atoms with E-state index in [0.717, 1.165) is 11.3 Å². The lowest BCUT2D eigenvalue weighted by Gasteiger charge is -2.08. The number of aryl methyl sites for hydroxylation is 1. The van der Waals surface area contributed by atoms with Crippen LogP contribution in [0, 0.1) is 6.92 Å². The first-order valence-electron chi connectivity index (χ1n) is 5.67. The SMILES string of the molecule is CC(=O)Oc1ccc(Oc2ccccc2C)cc1. The molecule has 3 heteroatoms.